The molecule has 2 aromatic carbocycles. The topological polar surface area (TPSA) is 97.8 Å². The second kappa shape index (κ2) is 10.1. The van der Waals surface area contributed by atoms with Gasteiger partial charge in [-0.15, -0.1) is 0 Å². The van der Waals surface area contributed by atoms with Gasteiger partial charge in [0.1, 0.15) is 18.0 Å². The number of rotatable bonds is 9. The highest BCUT2D eigenvalue weighted by atomic mass is 32.2. The molecule has 0 aliphatic carbocycles. The number of amides is 1. The molecule has 3 rings (SSSR count). The minimum atomic E-state index is -4.09. The highest BCUT2D eigenvalue weighted by Crippen LogP contribution is 2.35. The van der Waals surface area contributed by atoms with Gasteiger partial charge in [-0.1, -0.05) is 23.8 Å². The van der Waals surface area contributed by atoms with E-state index in [1.165, 1.54) is 32.4 Å². The molecule has 0 fully saturated rings. The number of pyridine rings is 1. The maximum Gasteiger partial charge on any atom is 0.264 e. The number of sulfonamides is 1. The molecule has 0 atom stereocenters. The Kier molecular flexibility index (Phi) is 7.32. The van der Waals surface area contributed by atoms with Crippen molar-refractivity contribution < 1.29 is 22.7 Å². The lowest BCUT2D eigenvalue weighted by Gasteiger charge is -2.26. The third kappa shape index (κ3) is 5.36. The second-order valence-electron chi connectivity index (χ2n) is 6.96. The number of hydrogen-bond donors (Lipinski definition) is 1. The van der Waals surface area contributed by atoms with Crippen LogP contribution in [-0.4, -0.2) is 40.1 Å². The van der Waals surface area contributed by atoms with Gasteiger partial charge in [0.15, 0.2) is 0 Å². The summed E-state index contributed by atoms with van der Waals surface area (Å²) in [5.74, 6) is 0.231. The summed E-state index contributed by atoms with van der Waals surface area (Å²) in [5, 5.41) is 2.72. The molecule has 32 heavy (non-hydrogen) atoms. The van der Waals surface area contributed by atoms with Gasteiger partial charge in [-0.25, -0.2) is 8.42 Å². The normalized spacial score (nSPS) is 11.0. The summed E-state index contributed by atoms with van der Waals surface area (Å²) in [5.41, 5.74) is 1.77. The van der Waals surface area contributed by atoms with Crippen molar-refractivity contribution in [3.63, 3.8) is 0 Å². The van der Waals surface area contributed by atoms with Gasteiger partial charge >= 0.3 is 0 Å². The van der Waals surface area contributed by atoms with Crippen LogP contribution < -0.4 is 19.1 Å². The molecule has 0 aliphatic rings. The smallest absolute Gasteiger partial charge is 0.264 e. The summed E-state index contributed by atoms with van der Waals surface area (Å²) in [6.45, 7) is 1.59. The third-order valence-electron chi connectivity index (χ3n) is 4.74. The van der Waals surface area contributed by atoms with Crippen molar-refractivity contribution in [1.29, 1.82) is 0 Å². The zero-order valence-corrected chi connectivity index (χ0v) is 18.9. The molecule has 1 amide bonds. The molecule has 0 unspecified atom stereocenters. The highest BCUT2D eigenvalue weighted by molar-refractivity contribution is 7.92. The van der Waals surface area contributed by atoms with Crippen LogP contribution in [0.15, 0.2) is 71.8 Å². The first-order valence-corrected chi connectivity index (χ1v) is 11.3. The number of aryl methyl sites for hydroxylation is 1. The van der Waals surface area contributed by atoms with Gasteiger partial charge in [0, 0.05) is 12.3 Å². The van der Waals surface area contributed by atoms with Gasteiger partial charge < -0.3 is 14.8 Å². The molecular weight excluding hydrogens is 430 g/mol. The average molecular weight is 456 g/mol. The predicted octanol–water partition coefficient (Wildman–Crippen LogP) is 2.92. The van der Waals surface area contributed by atoms with Gasteiger partial charge in [0.2, 0.25) is 5.91 Å². The molecule has 0 bridgehead atoms. The minimum absolute atomic E-state index is 0.0606. The van der Waals surface area contributed by atoms with E-state index in [1.807, 2.05) is 13.0 Å². The van der Waals surface area contributed by atoms with Gasteiger partial charge in [0.25, 0.3) is 10.0 Å². The Morgan fingerprint density at radius 2 is 1.78 bits per heavy atom. The summed E-state index contributed by atoms with van der Waals surface area (Å²) < 4.78 is 38.8. The number of nitrogens with one attached hydrogen (secondary N) is 1. The van der Waals surface area contributed by atoms with Crippen molar-refractivity contribution in [2.45, 2.75) is 18.4 Å². The summed E-state index contributed by atoms with van der Waals surface area (Å²) in [7, 11) is -1.18. The van der Waals surface area contributed by atoms with Crippen LogP contribution in [-0.2, 0) is 21.4 Å². The fraction of sp³-hybridized carbons (Fsp3) is 0.217. The number of aromatic nitrogens is 1. The number of ether oxygens (including phenoxy) is 2. The highest BCUT2D eigenvalue weighted by Gasteiger charge is 2.30. The van der Waals surface area contributed by atoms with Crippen LogP contribution in [0.3, 0.4) is 0 Å². The van der Waals surface area contributed by atoms with Gasteiger partial charge in [-0.3, -0.25) is 14.1 Å². The Morgan fingerprint density at radius 3 is 2.41 bits per heavy atom. The second-order valence-corrected chi connectivity index (χ2v) is 8.82. The van der Waals surface area contributed by atoms with E-state index in [0.717, 1.165) is 9.87 Å². The van der Waals surface area contributed by atoms with Crippen molar-refractivity contribution in [3.8, 4) is 11.5 Å². The molecule has 0 aliphatic heterocycles. The van der Waals surface area contributed by atoms with E-state index >= 15 is 0 Å². The molecule has 0 saturated heterocycles. The number of anilines is 1. The first-order valence-electron chi connectivity index (χ1n) is 9.83. The fourth-order valence-corrected chi connectivity index (χ4v) is 4.43. The average Bonchev–Trinajstić information content (AvgIpc) is 2.81. The summed E-state index contributed by atoms with van der Waals surface area (Å²) in [6, 6.07) is 16.6. The molecule has 3 aromatic rings. The van der Waals surface area contributed by atoms with Crippen molar-refractivity contribution in [1.82, 2.24) is 10.3 Å². The van der Waals surface area contributed by atoms with Crippen molar-refractivity contribution in [3.05, 3.63) is 78.1 Å². The summed E-state index contributed by atoms with van der Waals surface area (Å²) >= 11 is 0. The number of benzene rings is 2. The minimum Gasteiger partial charge on any atom is -0.497 e. The van der Waals surface area contributed by atoms with Crippen LogP contribution in [0.2, 0.25) is 0 Å². The first-order chi connectivity index (χ1) is 15.3. The molecular formula is C23H25N3O5S. The monoisotopic (exact) mass is 455 g/mol. The van der Waals surface area contributed by atoms with Gasteiger partial charge in [-0.05, 0) is 43.3 Å². The van der Waals surface area contributed by atoms with Crippen LogP contribution in [0.4, 0.5) is 5.69 Å². The number of carbonyl (C=O) groups is 1. The largest absolute Gasteiger partial charge is 0.497 e. The van der Waals surface area contributed by atoms with Crippen molar-refractivity contribution in [2.75, 3.05) is 25.1 Å². The van der Waals surface area contributed by atoms with E-state index in [0.29, 0.717) is 17.2 Å². The van der Waals surface area contributed by atoms with E-state index in [-0.39, 0.29) is 17.1 Å². The molecule has 0 spiro atoms. The quantitative estimate of drug-likeness (QED) is 0.533. The van der Waals surface area contributed by atoms with Crippen molar-refractivity contribution in [2.24, 2.45) is 0 Å². The van der Waals surface area contributed by atoms with E-state index in [4.69, 9.17) is 9.47 Å². The third-order valence-corrected chi connectivity index (χ3v) is 6.52. The molecule has 168 valence electrons. The van der Waals surface area contributed by atoms with Crippen molar-refractivity contribution >= 4 is 21.6 Å². The van der Waals surface area contributed by atoms with Crippen LogP contribution in [0.5, 0.6) is 11.5 Å². The SMILES string of the molecule is COc1ccc(OC)c(N(CC(=O)NCc2ccccn2)S(=O)(=O)c2ccc(C)cc2)c1. The predicted molar refractivity (Wildman–Crippen MR) is 121 cm³/mol. The van der Waals surface area contributed by atoms with Crippen LogP contribution in [0.25, 0.3) is 0 Å². The number of methoxy groups -OCH3 is 2. The number of nitrogens with zero attached hydrogens (tertiary/aromatic N) is 2. The molecule has 8 nitrogen and oxygen atoms in total. The van der Waals surface area contributed by atoms with E-state index in [1.54, 1.807) is 42.6 Å². The zero-order chi connectivity index (χ0) is 23.1. The molecule has 1 N–H and O–H groups in total. The van der Waals surface area contributed by atoms with Crippen LogP contribution in [0, 0.1) is 6.92 Å². The molecule has 0 radical (unpaired) electrons. The van der Waals surface area contributed by atoms with Crippen LogP contribution >= 0.6 is 0 Å². The summed E-state index contributed by atoms with van der Waals surface area (Å²) in [6.07, 6.45) is 1.62. The lowest BCUT2D eigenvalue weighted by molar-refractivity contribution is -0.119. The molecule has 9 heteroatoms. The standard InChI is InChI=1S/C23H25N3O5S/c1-17-7-10-20(11-8-17)32(28,29)26(21-14-19(30-2)9-12-22(21)31-3)16-23(27)25-15-18-6-4-5-13-24-18/h4-14H,15-16H2,1-3H3,(H,25,27). The van der Waals surface area contributed by atoms with Crippen LogP contribution in [0.1, 0.15) is 11.3 Å². The summed E-state index contributed by atoms with van der Waals surface area (Å²) in [4.78, 5) is 17.0. The lowest BCUT2D eigenvalue weighted by atomic mass is 10.2. The fourth-order valence-electron chi connectivity index (χ4n) is 3.01. The maximum atomic E-state index is 13.6. The van der Waals surface area contributed by atoms with Gasteiger partial charge in [0.05, 0.1) is 37.0 Å². The zero-order valence-electron chi connectivity index (χ0n) is 18.1. The molecule has 1 heterocycles. The Balaban J connectivity index is 1.98. The van der Waals surface area contributed by atoms with E-state index < -0.39 is 22.5 Å². The molecule has 1 aromatic heterocycles. The maximum absolute atomic E-state index is 13.6. The Hall–Kier alpha value is -3.59. The number of hydrogen-bond acceptors (Lipinski definition) is 6. The lowest BCUT2D eigenvalue weighted by Crippen LogP contribution is -2.41. The molecule has 0 saturated carbocycles. The Labute approximate surface area is 187 Å². The Morgan fingerprint density at radius 1 is 1.03 bits per heavy atom. The number of carbonyl (C=O) groups excluding carboxylic acids is 1. The van der Waals surface area contributed by atoms with E-state index in [9.17, 15) is 13.2 Å². The Bertz CT molecular complexity index is 1170. The van der Waals surface area contributed by atoms with Gasteiger partial charge in [-0.2, -0.15) is 0 Å². The first kappa shape index (κ1) is 23.1. The van der Waals surface area contributed by atoms with E-state index in [2.05, 4.69) is 10.3 Å².